The normalized spacial score (nSPS) is 20.6. The molecule has 0 fully saturated rings. The van der Waals surface area contributed by atoms with Crippen molar-refractivity contribution in [1.82, 2.24) is 0 Å². The quantitative estimate of drug-likeness (QED) is 0.880. The van der Waals surface area contributed by atoms with Gasteiger partial charge in [0.2, 0.25) is 0 Å². The fourth-order valence-corrected chi connectivity index (χ4v) is 3.03. The van der Waals surface area contributed by atoms with Crippen LogP contribution in [0, 0.1) is 0 Å². The third-order valence-electron chi connectivity index (χ3n) is 3.60. The minimum Gasteiger partial charge on any atom is -0.497 e. The van der Waals surface area contributed by atoms with Crippen LogP contribution in [0.2, 0.25) is 10.0 Å². The Balaban J connectivity index is 1.96. The molecule has 0 spiro atoms. The summed E-state index contributed by atoms with van der Waals surface area (Å²) in [6.07, 6.45) is -0.471. The van der Waals surface area contributed by atoms with Crippen molar-refractivity contribution < 1.29 is 14.6 Å². The fraction of sp³-hybridized carbons (Fsp3) is 0.250. The highest BCUT2D eigenvalue weighted by Crippen LogP contribution is 2.43. The van der Waals surface area contributed by atoms with E-state index in [4.69, 9.17) is 32.7 Å². The largest absolute Gasteiger partial charge is 0.497 e. The zero-order chi connectivity index (χ0) is 15.0. The van der Waals surface area contributed by atoms with Crippen LogP contribution in [0.4, 0.5) is 0 Å². The van der Waals surface area contributed by atoms with E-state index in [0.29, 0.717) is 28.0 Å². The molecule has 0 radical (unpaired) electrons. The van der Waals surface area contributed by atoms with Crippen molar-refractivity contribution in [2.45, 2.75) is 18.6 Å². The number of halogens is 2. The summed E-state index contributed by atoms with van der Waals surface area (Å²) in [7, 11) is 1.59. The monoisotopic (exact) mass is 324 g/mol. The van der Waals surface area contributed by atoms with Gasteiger partial charge in [-0.3, -0.25) is 0 Å². The van der Waals surface area contributed by atoms with E-state index in [9.17, 15) is 5.11 Å². The van der Waals surface area contributed by atoms with Crippen molar-refractivity contribution in [2.75, 3.05) is 7.11 Å². The molecule has 1 heterocycles. The van der Waals surface area contributed by atoms with Crippen LogP contribution in [0.3, 0.4) is 0 Å². The lowest BCUT2D eigenvalue weighted by Gasteiger charge is -2.30. The molecule has 5 heteroatoms. The molecule has 0 aliphatic carbocycles. The second-order valence-electron chi connectivity index (χ2n) is 4.93. The summed E-state index contributed by atoms with van der Waals surface area (Å²) in [6, 6.07) is 10.7. The summed E-state index contributed by atoms with van der Waals surface area (Å²) in [5.41, 5.74) is 1.57. The molecular formula is C16H14Cl2O3. The summed E-state index contributed by atoms with van der Waals surface area (Å²) in [5.74, 6) is 1.30. The number of rotatable bonds is 2. The standard InChI is InChI=1S/C16H14Cl2O3/c1-20-10-3-5-12-14(19)8-16(21-15(12)7-10)11-4-2-9(17)6-13(11)18/h2-7,14,16,19H,8H2,1H3/t14-,16?/m0/s1. The van der Waals surface area contributed by atoms with Crippen molar-refractivity contribution in [3.63, 3.8) is 0 Å². The molecule has 1 aliphatic rings. The van der Waals surface area contributed by atoms with E-state index in [-0.39, 0.29) is 6.10 Å². The van der Waals surface area contributed by atoms with Gasteiger partial charge >= 0.3 is 0 Å². The van der Waals surface area contributed by atoms with Crippen LogP contribution < -0.4 is 9.47 Å². The Labute approximate surface area is 133 Å². The van der Waals surface area contributed by atoms with Gasteiger partial charge in [0.15, 0.2) is 0 Å². The van der Waals surface area contributed by atoms with Gasteiger partial charge < -0.3 is 14.6 Å². The van der Waals surface area contributed by atoms with E-state index < -0.39 is 6.10 Å². The second-order valence-corrected chi connectivity index (χ2v) is 5.77. The third kappa shape index (κ3) is 2.82. The lowest BCUT2D eigenvalue weighted by atomic mass is 9.95. The molecule has 1 aliphatic heterocycles. The Morgan fingerprint density at radius 1 is 1.14 bits per heavy atom. The summed E-state index contributed by atoms with van der Waals surface area (Å²) in [5, 5.41) is 11.4. The van der Waals surface area contributed by atoms with Crippen molar-refractivity contribution >= 4 is 23.2 Å². The Hall–Kier alpha value is -1.42. The van der Waals surface area contributed by atoms with E-state index in [1.807, 2.05) is 12.1 Å². The van der Waals surface area contributed by atoms with Crippen LogP contribution in [-0.2, 0) is 0 Å². The molecule has 0 saturated heterocycles. The van der Waals surface area contributed by atoms with E-state index in [1.54, 1.807) is 31.4 Å². The van der Waals surface area contributed by atoms with Crippen LogP contribution in [0.15, 0.2) is 36.4 Å². The van der Waals surface area contributed by atoms with Crippen molar-refractivity contribution in [1.29, 1.82) is 0 Å². The van der Waals surface area contributed by atoms with Gasteiger partial charge in [0.1, 0.15) is 17.6 Å². The highest BCUT2D eigenvalue weighted by atomic mass is 35.5. The van der Waals surface area contributed by atoms with Gasteiger partial charge in [-0.2, -0.15) is 0 Å². The summed E-state index contributed by atoms with van der Waals surface area (Å²) in [6.45, 7) is 0. The number of hydrogen-bond acceptors (Lipinski definition) is 3. The highest BCUT2D eigenvalue weighted by molar-refractivity contribution is 6.35. The molecule has 3 rings (SSSR count). The molecule has 2 atom stereocenters. The summed E-state index contributed by atoms with van der Waals surface area (Å²) < 4.78 is 11.2. The first-order chi connectivity index (χ1) is 10.1. The molecule has 2 aromatic carbocycles. The number of methoxy groups -OCH3 is 1. The number of hydrogen-bond donors (Lipinski definition) is 1. The third-order valence-corrected chi connectivity index (χ3v) is 4.16. The topological polar surface area (TPSA) is 38.7 Å². The van der Waals surface area contributed by atoms with Crippen molar-refractivity contribution in [2.24, 2.45) is 0 Å². The van der Waals surface area contributed by atoms with Crippen molar-refractivity contribution in [3.05, 3.63) is 57.6 Å². The van der Waals surface area contributed by atoms with Gasteiger partial charge in [-0.25, -0.2) is 0 Å². The van der Waals surface area contributed by atoms with Crippen LogP contribution in [0.1, 0.15) is 29.8 Å². The maximum absolute atomic E-state index is 10.3. The molecule has 0 aromatic heterocycles. The molecule has 2 aromatic rings. The minimum absolute atomic E-state index is 0.315. The van der Waals surface area contributed by atoms with E-state index in [0.717, 1.165) is 11.1 Å². The molecular weight excluding hydrogens is 311 g/mol. The van der Waals surface area contributed by atoms with Gasteiger partial charge in [-0.05, 0) is 24.3 Å². The molecule has 1 unspecified atom stereocenters. The molecule has 0 saturated carbocycles. The molecule has 1 N–H and O–H groups in total. The maximum atomic E-state index is 10.3. The van der Waals surface area contributed by atoms with E-state index >= 15 is 0 Å². The average molecular weight is 325 g/mol. The summed E-state index contributed by atoms with van der Waals surface area (Å²) in [4.78, 5) is 0. The van der Waals surface area contributed by atoms with Gasteiger partial charge in [-0.1, -0.05) is 29.3 Å². The Kier molecular flexibility index (Phi) is 3.98. The first kappa shape index (κ1) is 14.5. The van der Waals surface area contributed by atoms with Crippen LogP contribution in [0.5, 0.6) is 11.5 Å². The summed E-state index contributed by atoms with van der Waals surface area (Å²) >= 11 is 12.1. The number of aliphatic hydroxyl groups excluding tert-OH is 1. The Bertz CT molecular complexity index is 673. The van der Waals surface area contributed by atoms with Crippen LogP contribution in [0.25, 0.3) is 0 Å². The molecule has 21 heavy (non-hydrogen) atoms. The fourth-order valence-electron chi connectivity index (χ4n) is 2.50. The molecule has 0 bridgehead atoms. The van der Waals surface area contributed by atoms with Gasteiger partial charge in [0.05, 0.1) is 13.2 Å². The first-order valence-electron chi connectivity index (χ1n) is 6.56. The lowest BCUT2D eigenvalue weighted by Crippen LogP contribution is -2.19. The lowest BCUT2D eigenvalue weighted by molar-refractivity contribution is 0.0655. The average Bonchev–Trinajstić information content (AvgIpc) is 2.46. The van der Waals surface area contributed by atoms with Gasteiger partial charge in [0, 0.05) is 33.7 Å². The Morgan fingerprint density at radius 3 is 2.62 bits per heavy atom. The zero-order valence-corrected chi connectivity index (χ0v) is 12.9. The number of ether oxygens (including phenoxy) is 2. The number of aliphatic hydroxyl groups is 1. The van der Waals surface area contributed by atoms with Crippen LogP contribution in [-0.4, -0.2) is 12.2 Å². The van der Waals surface area contributed by atoms with Gasteiger partial charge in [0.25, 0.3) is 0 Å². The smallest absolute Gasteiger partial charge is 0.129 e. The molecule has 3 nitrogen and oxygen atoms in total. The Morgan fingerprint density at radius 2 is 1.90 bits per heavy atom. The second kappa shape index (κ2) is 5.76. The highest BCUT2D eigenvalue weighted by Gasteiger charge is 2.29. The zero-order valence-electron chi connectivity index (χ0n) is 11.3. The van der Waals surface area contributed by atoms with Crippen molar-refractivity contribution in [3.8, 4) is 11.5 Å². The number of benzene rings is 2. The molecule has 0 amide bonds. The van der Waals surface area contributed by atoms with Gasteiger partial charge in [-0.15, -0.1) is 0 Å². The maximum Gasteiger partial charge on any atom is 0.129 e. The van der Waals surface area contributed by atoms with Crippen LogP contribution >= 0.6 is 23.2 Å². The minimum atomic E-state index is -0.601. The SMILES string of the molecule is COc1ccc2c(c1)OC(c1ccc(Cl)cc1Cl)C[C@@H]2O. The number of fused-ring (bicyclic) bond motifs is 1. The predicted octanol–water partition coefficient (Wildman–Crippen LogP) is 4.56. The van der Waals surface area contributed by atoms with E-state index in [1.165, 1.54) is 0 Å². The van der Waals surface area contributed by atoms with E-state index in [2.05, 4.69) is 0 Å². The molecule has 110 valence electrons. The predicted molar refractivity (Wildman–Crippen MR) is 82.4 cm³/mol. The first-order valence-corrected chi connectivity index (χ1v) is 7.31.